The van der Waals surface area contributed by atoms with E-state index in [-0.39, 0.29) is 5.56 Å². The smallest absolute Gasteiger partial charge is 0.204 e. The Kier molecular flexibility index (Phi) is 3.03. The van der Waals surface area contributed by atoms with Crippen LogP contribution in [0.25, 0.3) is 0 Å². The molecule has 0 fully saturated rings. The van der Waals surface area contributed by atoms with Gasteiger partial charge in [-0.3, -0.25) is 4.79 Å². The van der Waals surface area contributed by atoms with Gasteiger partial charge in [0, 0.05) is 6.07 Å². The minimum Gasteiger partial charge on any atom is -0.507 e. The van der Waals surface area contributed by atoms with Crippen LogP contribution < -0.4 is 0 Å². The second kappa shape index (κ2) is 4.54. The summed E-state index contributed by atoms with van der Waals surface area (Å²) in [6.07, 6.45) is 0. The van der Waals surface area contributed by atoms with Gasteiger partial charge < -0.3 is 30.6 Å². The zero-order chi connectivity index (χ0) is 15.0. The highest BCUT2D eigenvalue weighted by molar-refractivity contribution is 6.14. The summed E-state index contributed by atoms with van der Waals surface area (Å²) < 4.78 is 0. The predicted molar refractivity (Wildman–Crippen MR) is 66.3 cm³/mol. The van der Waals surface area contributed by atoms with Crippen LogP contribution in [0.3, 0.4) is 0 Å². The second-order valence-corrected chi connectivity index (χ2v) is 3.99. The lowest BCUT2D eigenvalue weighted by Crippen LogP contribution is -2.03. The highest BCUT2D eigenvalue weighted by Crippen LogP contribution is 2.44. The highest BCUT2D eigenvalue weighted by atomic mass is 16.3. The van der Waals surface area contributed by atoms with Crippen LogP contribution in [-0.2, 0) is 0 Å². The number of hydrogen-bond acceptors (Lipinski definition) is 7. The quantitative estimate of drug-likeness (QED) is 0.275. The summed E-state index contributed by atoms with van der Waals surface area (Å²) in [6.45, 7) is 0. The number of phenols is 6. The molecule has 0 amide bonds. The maximum Gasteiger partial charge on any atom is 0.204 e. The Morgan fingerprint density at radius 2 is 1.40 bits per heavy atom. The van der Waals surface area contributed by atoms with E-state index in [1.165, 1.54) is 6.07 Å². The van der Waals surface area contributed by atoms with Gasteiger partial charge in [-0.2, -0.15) is 0 Å². The van der Waals surface area contributed by atoms with Crippen LogP contribution in [0.1, 0.15) is 15.9 Å². The topological polar surface area (TPSA) is 138 Å². The highest BCUT2D eigenvalue weighted by Gasteiger charge is 2.26. The van der Waals surface area contributed by atoms with Crippen molar-refractivity contribution < 1.29 is 35.4 Å². The van der Waals surface area contributed by atoms with Gasteiger partial charge in [-0.05, 0) is 12.1 Å². The Morgan fingerprint density at radius 3 is 2.05 bits per heavy atom. The van der Waals surface area contributed by atoms with Gasteiger partial charge in [-0.1, -0.05) is 6.07 Å². The first-order chi connectivity index (χ1) is 9.34. The van der Waals surface area contributed by atoms with E-state index < -0.39 is 45.8 Å². The van der Waals surface area contributed by atoms with Crippen molar-refractivity contribution in [2.45, 2.75) is 0 Å². The third-order valence-electron chi connectivity index (χ3n) is 2.72. The number of carbonyl (C=O) groups excluding carboxylic acids is 1. The predicted octanol–water partition coefficient (Wildman–Crippen LogP) is 1.15. The Balaban J connectivity index is 2.66. The maximum atomic E-state index is 12.1. The molecule has 2 rings (SSSR count). The van der Waals surface area contributed by atoms with Crippen molar-refractivity contribution in [1.29, 1.82) is 0 Å². The summed E-state index contributed by atoms with van der Waals surface area (Å²) >= 11 is 0. The van der Waals surface area contributed by atoms with Gasteiger partial charge in [0.05, 0.1) is 5.56 Å². The van der Waals surface area contributed by atoms with Crippen molar-refractivity contribution in [1.82, 2.24) is 0 Å². The molecule has 0 radical (unpaired) electrons. The van der Waals surface area contributed by atoms with Crippen LogP contribution in [-0.4, -0.2) is 36.4 Å². The molecule has 0 aliphatic rings. The summed E-state index contributed by atoms with van der Waals surface area (Å²) in [5, 5.41) is 56.7. The summed E-state index contributed by atoms with van der Waals surface area (Å²) in [7, 11) is 0. The molecule has 0 spiro atoms. The molecule has 0 aliphatic heterocycles. The number of benzene rings is 2. The first kappa shape index (κ1) is 13.3. The maximum absolute atomic E-state index is 12.1. The van der Waals surface area contributed by atoms with Gasteiger partial charge in [0.1, 0.15) is 11.3 Å². The first-order valence-corrected chi connectivity index (χ1v) is 5.37. The number of ketones is 1. The molecule has 0 aliphatic carbocycles. The van der Waals surface area contributed by atoms with Gasteiger partial charge in [0.25, 0.3) is 0 Å². The normalized spacial score (nSPS) is 10.4. The molecular formula is C13H10O7. The monoisotopic (exact) mass is 278 g/mol. The molecule has 6 N–H and O–H groups in total. The number of carbonyl (C=O) groups is 1. The lowest BCUT2D eigenvalue weighted by molar-refractivity contribution is 0.103. The zero-order valence-electron chi connectivity index (χ0n) is 9.90. The molecule has 0 heterocycles. The molecular weight excluding hydrogens is 268 g/mol. The number of rotatable bonds is 2. The Labute approximate surface area is 112 Å². The Morgan fingerprint density at radius 1 is 0.750 bits per heavy atom. The van der Waals surface area contributed by atoms with Crippen molar-refractivity contribution in [3.05, 3.63) is 35.4 Å². The summed E-state index contributed by atoms with van der Waals surface area (Å²) in [5.74, 6) is -5.94. The Bertz CT molecular complexity index is 706. The van der Waals surface area contributed by atoms with Gasteiger partial charge >= 0.3 is 0 Å². The molecule has 20 heavy (non-hydrogen) atoms. The van der Waals surface area contributed by atoms with Crippen molar-refractivity contribution in [2.75, 3.05) is 0 Å². The van der Waals surface area contributed by atoms with Crippen LogP contribution in [0.2, 0.25) is 0 Å². The third kappa shape index (κ3) is 1.91. The molecule has 0 atom stereocenters. The van der Waals surface area contributed by atoms with Crippen LogP contribution in [0.4, 0.5) is 0 Å². The summed E-state index contributed by atoms with van der Waals surface area (Å²) in [6, 6.07) is 4.24. The summed E-state index contributed by atoms with van der Waals surface area (Å²) in [5.41, 5.74) is -1.10. The molecule has 0 saturated carbocycles. The third-order valence-corrected chi connectivity index (χ3v) is 2.72. The fourth-order valence-corrected chi connectivity index (χ4v) is 1.70. The van der Waals surface area contributed by atoms with Crippen molar-refractivity contribution in [3.8, 4) is 34.5 Å². The van der Waals surface area contributed by atoms with E-state index in [0.29, 0.717) is 6.07 Å². The standard InChI is InChI=1S/C13H10O7/c14-6-3-1-2-5(10(6)17)11(18)9-7(15)4-8(16)12(19)13(9)20/h1-4,14-17,19-20H. The van der Waals surface area contributed by atoms with Gasteiger partial charge in [0.15, 0.2) is 23.0 Å². The molecule has 2 aromatic carbocycles. The molecule has 2 aromatic rings. The minimum absolute atomic E-state index is 0.388. The fourth-order valence-electron chi connectivity index (χ4n) is 1.70. The molecule has 0 saturated heterocycles. The zero-order valence-corrected chi connectivity index (χ0v) is 9.90. The second-order valence-electron chi connectivity index (χ2n) is 3.99. The largest absolute Gasteiger partial charge is 0.507 e. The van der Waals surface area contributed by atoms with Crippen LogP contribution in [0.15, 0.2) is 24.3 Å². The molecule has 0 unspecified atom stereocenters. The average Bonchev–Trinajstić information content (AvgIpc) is 2.39. The average molecular weight is 278 g/mol. The molecule has 0 aromatic heterocycles. The van der Waals surface area contributed by atoms with Crippen LogP contribution in [0.5, 0.6) is 34.5 Å². The van der Waals surface area contributed by atoms with Crippen molar-refractivity contribution >= 4 is 5.78 Å². The van der Waals surface area contributed by atoms with Gasteiger partial charge in [-0.15, -0.1) is 0 Å². The van der Waals surface area contributed by atoms with Gasteiger partial charge in [-0.25, -0.2) is 0 Å². The summed E-state index contributed by atoms with van der Waals surface area (Å²) in [4.78, 5) is 12.1. The van der Waals surface area contributed by atoms with E-state index in [1.54, 1.807) is 0 Å². The molecule has 104 valence electrons. The van der Waals surface area contributed by atoms with Crippen molar-refractivity contribution in [2.24, 2.45) is 0 Å². The van der Waals surface area contributed by atoms with Gasteiger partial charge in [0.2, 0.25) is 11.5 Å². The lowest BCUT2D eigenvalue weighted by atomic mass is 9.99. The van der Waals surface area contributed by atoms with Crippen LogP contribution in [0, 0.1) is 0 Å². The first-order valence-electron chi connectivity index (χ1n) is 5.37. The van der Waals surface area contributed by atoms with E-state index in [4.69, 9.17) is 0 Å². The van der Waals surface area contributed by atoms with E-state index in [1.807, 2.05) is 0 Å². The number of hydrogen-bond donors (Lipinski definition) is 6. The molecule has 7 heteroatoms. The molecule has 0 bridgehead atoms. The minimum atomic E-state index is -1.04. The van der Waals surface area contributed by atoms with Crippen LogP contribution >= 0.6 is 0 Å². The van der Waals surface area contributed by atoms with E-state index in [9.17, 15) is 35.4 Å². The Hall–Kier alpha value is -3.09. The van der Waals surface area contributed by atoms with E-state index in [0.717, 1.165) is 12.1 Å². The SMILES string of the molecule is O=C(c1cccc(O)c1O)c1c(O)cc(O)c(O)c1O. The fraction of sp³-hybridized carbons (Fsp3) is 0. The van der Waals surface area contributed by atoms with Crippen molar-refractivity contribution in [3.63, 3.8) is 0 Å². The molecule has 7 nitrogen and oxygen atoms in total. The van der Waals surface area contributed by atoms with E-state index in [2.05, 4.69) is 0 Å². The number of aromatic hydroxyl groups is 6. The lowest BCUT2D eigenvalue weighted by Gasteiger charge is -2.10. The number of para-hydroxylation sites is 1. The van der Waals surface area contributed by atoms with E-state index >= 15 is 0 Å². The number of phenolic OH excluding ortho intramolecular Hbond substituents is 6.